The Labute approximate surface area is 156 Å². The molecule has 0 heterocycles. The summed E-state index contributed by atoms with van der Waals surface area (Å²) in [5.74, 6) is 0. The van der Waals surface area contributed by atoms with Crippen LogP contribution in [0.15, 0.2) is 48.6 Å². The Morgan fingerprint density at radius 1 is 0.600 bits per heavy atom. The molecular formula is C19H38Y-2. The molecule has 0 fully saturated rings. The summed E-state index contributed by atoms with van der Waals surface area (Å²) in [5.41, 5.74) is 0. The van der Waals surface area contributed by atoms with Crippen molar-refractivity contribution >= 4 is 0 Å². The van der Waals surface area contributed by atoms with E-state index in [2.05, 4.69) is 62.5 Å². The molecule has 0 nitrogen and oxygen atoms in total. The van der Waals surface area contributed by atoms with Crippen molar-refractivity contribution in [1.29, 1.82) is 0 Å². The first-order valence-electron chi connectivity index (χ1n) is 7.05. The fourth-order valence-corrected chi connectivity index (χ4v) is 0.786. The predicted octanol–water partition coefficient (Wildman–Crippen LogP) is 7.37. The fraction of sp³-hybridized carbons (Fsp3) is 0.474. The minimum Gasteiger partial charge on any atom is -0.358 e. The van der Waals surface area contributed by atoms with Crippen molar-refractivity contribution in [1.82, 2.24) is 0 Å². The molecule has 0 amide bonds. The second-order valence-corrected chi connectivity index (χ2v) is 2.89. The summed E-state index contributed by atoms with van der Waals surface area (Å²) in [6, 6.07) is 0. The van der Waals surface area contributed by atoms with Crippen LogP contribution < -0.4 is 0 Å². The Hall–Kier alpha value is 0.0639. The molecule has 0 N–H and O–H groups in total. The zero-order chi connectivity index (χ0) is 13.8. The zero-order valence-electron chi connectivity index (χ0n) is 15.3. The van der Waals surface area contributed by atoms with Crippen molar-refractivity contribution in [3.63, 3.8) is 0 Å². The van der Waals surface area contributed by atoms with E-state index >= 15 is 0 Å². The predicted molar refractivity (Wildman–Crippen MR) is 97.3 cm³/mol. The van der Waals surface area contributed by atoms with Gasteiger partial charge in [-0.1, -0.05) is 96.6 Å². The first kappa shape index (κ1) is 36.9. The monoisotopic (exact) mass is 355 g/mol. The smallest absolute Gasteiger partial charge is 0 e. The number of hydrogen-bond donors (Lipinski definition) is 0. The average molecular weight is 355 g/mol. The Kier molecular flexibility index (Phi) is 93.7. The molecule has 0 aromatic heterocycles. The number of rotatable bonds is 0. The van der Waals surface area contributed by atoms with Crippen LogP contribution >= 0.6 is 0 Å². The molecule has 2 aliphatic rings. The maximum Gasteiger partial charge on any atom is 0 e. The van der Waals surface area contributed by atoms with Gasteiger partial charge in [0.1, 0.15) is 0 Å². The molecule has 0 aliphatic heterocycles. The zero-order valence-corrected chi connectivity index (χ0v) is 18.2. The van der Waals surface area contributed by atoms with Gasteiger partial charge in [-0.3, -0.25) is 0 Å². The molecule has 1 heteroatoms. The molecule has 119 valence electrons. The van der Waals surface area contributed by atoms with Crippen LogP contribution in [0.25, 0.3) is 0 Å². The summed E-state index contributed by atoms with van der Waals surface area (Å²) in [4.78, 5) is 0. The van der Waals surface area contributed by atoms with Gasteiger partial charge in [-0.2, -0.15) is 0 Å². The Bertz CT molecular complexity index is 156. The molecule has 0 saturated carbocycles. The molecule has 20 heavy (non-hydrogen) atoms. The van der Waals surface area contributed by atoms with Gasteiger partial charge in [0.15, 0.2) is 0 Å². The van der Waals surface area contributed by atoms with Crippen LogP contribution in [0.3, 0.4) is 0 Å². The second kappa shape index (κ2) is 50.8. The molecule has 0 aromatic rings. The van der Waals surface area contributed by atoms with E-state index in [0.29, 0.717) is 0 Å². The van der Waals surface area contributed by atoms with Crippen LogP contribution in [-0.4, -0.2) is 0 Å². The maximum atomic E-state index is 2.12. The van der Waals surface area contributed by atoms with Gasteiger partial charge in [0.05, 0.1) is 0 Å². The van der Waals surface area contributed by atoms with Crippen LogP contribution in [0.2, 0.25) is 0 Å². The van der Waals surface area contributed by atoms with Gasteiger partial charge in [0, 0.05) is 32.7 Å². The van der Waals surface area contributed by atoms with Crippen LogP contribution in [0.4, 0.5) is 0 Å². The fourth-order valence-electron chi connectivity index (χ4n) is 0.786. The van der Waals surface area contributed by atoms with E-state index in [9.17, 15) is 0 Å². The molecule has 0 spiro atoms. The van der Waals surface area contributed by atoms with E-state index in [-0.39, 0.29) is 47.6 Å². The van der Waals surface area contributed by atoms with E-state index in [4.69, 9.17) is 0 Å². The van der Waals surface area contributed by atoms with Gasteiger partial charge in [0.25, 0.3) is 0 Å². The van der Waals surface area contributed by atoms with Crippen LogP contribution in [0.5, 0.6) is 0 Å². The van der Waals surface area contributed by atoms with Crippen LogP contribution in [0.1, 0.15) is 60.8 Å². The molecule has 0 bridgehead atoms. The third-order valence-electron chi connectivity index (χ3n) is 1.31. The largest absolute Gasteiger partial charge is 0.358 e. The van der Waals surface area contributed by atoms with Gasteiger partial charge in [-0.15, -0.1) is 0 Å². The SMILES string of the molecule is C1=CCC=C1.C1=CCC=C1.CC.CC.CCC.[CH3-].[CH3-].[Y]. The topological polar surface area (TPSA) is 0 Å². The van der Waals surface area contributed by atoms with Gasteiger partial charge in [0.2, 0.25) is 0 Å². The molecule has 2 rings (SSSR count). The third-order valence-corrected chi connectivity index (χ3v) is 1.31. The quantitative estimate of drug-likeness (QED) is 0.398. The van der Waals surface area contributed by atoms with Gasteiger partial charge in [-0.05, 0) is 12.8 Å². The number of hydrogen-bond acceptors (Lipinski definition) is 0. The Morgan fingerprint density at radius 2 is 0.750 bits per heavy atom. The van der Waals surface area contributed by atoms with Gasteiger partial charge in [-0.25, -0.2) is 0 Å². The van der Waals surface area contributed by atoms with E-state index in [1.54, 1.807) is 0 Å². The average Bonchev–Trinajstić information content (AvgIpc) is 3.13. The van der Waals surface area contributed by atoms with Gasteiger partial charge >= 0.3 is 0 Å². The van der Waals surface area contributed by atoms with Crippen LogP contribution in [-0.2, 0) is 32.7 Å². The minimum absolute atomic E-state index is 0. The molecule has 0 saturated heterocycles. The van der Waals surface area contributed by atoms with Gasteiger partial charge < -0.3 is 14.9 Å². The Morgan fingerprint density at radius 3 is 0.800 bits per heavy atom. The van der Waals surface area contributed by atoms with Crippen molar-refractivity contribution < 1.29 is 32.7 Å². The van der Waals surface area contributed by atoms with Crippen LogP contribution in [0, 0.1) is 14.9 Å². The normalized spacial score (nSPS) is 10.3. The van der Waals surface area contributed by atoms with Crippen molar-refractivity contribution in [3.8, 4) is 0 Å². The molecule has 0 atom stereocenters. The maximum absolute atomic E-state index is 2.12. The molecule has 0 aromatic carbocycles. The molecule has 1 radical (unpaired) electrons. The molecule has 0 unspecified atom stereocenters. The molecule has 2 aliphatic carbocycles. The van der Waals surface area contributed by atoms with E-state index < -0.39 is 0 Å². The molecular weight excluding hydrogens is 317 g/mol. The van der Waals surface area contributed by atoms with E-state index in [1.807, 2.05) is 27.7 Å². The summed E-state index contributed by atoms with van der Waals surface area (Å²) in [6.45, 7) is 12.2. The summed E-state index contributed by atoms with van der Waals surface area (Å²) >= 11 is 0. The van der Waals surface area contributed by atoms with Crippen molar-refractivity contribution in [2.45, 2.75) is 60.8 Å². The third kappa shape index (κ3) is 51.9. The van der Waals surface area contributed by atoms with Crippen molar-refractivity contribution in [2.75, 3.05) is 0 Å². The van der Waals surface area contributed by atoms with Crippen molar-refractivity contribution in [2.24, 2.45) is 0 Å². The Balaban J connectivity index is -0.0000000313. The van der Waals surface area contributed by atoms with E-state index in [0.717, 1.165) is 12.8 Å². The summed E-state index contributed by atoms with van der Waals surface area (Å²) < 4.78 is 0. The summed E-state index contributed by atoms with van der Waals surface area (Å²) in [7, 11) is 0. The summed E-state index contributed by atoms with van der Waals surface area (Å²) in [5, 5.41) is 0. The summed E-state index contributed by atoms with van der Waals surface area (Å²) in [6.07, 6.45) is 20.2. The van der Waals surface area contributed by atoms with Crippen molar-refractivity contribution in [3.05, 3.63) is 63.5 Å². The number of allylic oxidation sites excluding steroid dienone is 8. The first-order valence-corrected chi connectivity index (χ1v) is 7.05. The standard InChI is InChI=1S/2C5H6.C3H8.2C2H6.2CH3.Y/c2*1-2-4-5-3-1;1-3-2;2*1-2;;;/h2*1-4H,5H2;3H2,1-2H3;2*1-2H3;2*1H3;/q;;;;;2*-1;. The van der Waals surface area contributed by atoms with E-state index in [1.165, 1.54) is 6.42 Å². The minimum atomic E-state index is 0. The second-order valence-electron chi connectivity index (χ2n) is 2.89. The first-order chi connectivity index (χ1) is 8.41.